The summed E-state index contributed by atoms with van der Waals surface area (Å²) >= 11 is 7.68. The van der Waals surface area contributed by atoms with E-state index in [1.165, 1.54) is 6.42 Å². The second-order valence-electron chi connectivity index (χ2n) is 6.25. The van der Waals surface area contributed by atoms with Gasteiger partial charge in [0.25, 0.3) is 0 Å². The van der Waals surface area contributed by atoms with E-state index in [0.29, 0.717) is 10.8 Å². The van der Waals surface area contributed by atoms with E-state index in [9.17, 15) is 9.90 Å². The topological polar surface area (TPSA) is 40.5 Å². The minimum Gasteiger partial charge on any atom is -0.508 e. The number of piperidine rings is 1. The van der Waals surface area contributed by atoms with Gasteiger partial charge in [-0.15, -0.1) is 11.8 Å². The zero-order valence-electron chi connectivity index (χ0n) is 14.0. The minimum absolute atomic E-state index is 0.131. The number of carbonyl (C=O) groups is 1. The number of thioether (sulfide) groups is 1. The molecule has 2 aromatic rings. The number of hydrogen-bond donors (Lipinski definition) is 1. The lowest BCUT2D eigenvalue weighted by molar-refractivity contribution is -0.129. The molecule has 0 aromatic heterocycles. The standard InChI is InChI=1S/C20H22ClNO2S/c21-16-9-10-18(23)17(13-16)20(15-7-3-1-4-8-15)25-14-19(24)22-11-5-2-6-12-22/h1,3-4,7-10,13,20,23H,2,5-6,11-12,14H2. The van der Waals surface area contributed by atoms with Gasteiger partial charge >= 0.3 is 0 Å². The molecular weight excluding hydrogens is 354 g/mol. The summed E-state index contributed by atoms with van der Waals surface area (Å²) in [5, 5.41) is 10.8. The smallest absolute Gasteiger partial charge is 0.232 e. The highest BCUT2D eigenvalue weighted by Crippen LogP contribution is 2.41. The highest BCUT2D eigenvalue weighted by atomic mass is 35.5. The zero-order valence-corrected chi connectivity index (χ0v) is 15.6. The van der Waals surface area contributed by atoms with Gasteiger partial charge in [0.05, 0.1) is 11.0 Å². The van der Waals surface area contributed by atoms with E-state index in [1.54, 1.807) is 30.0 Å². The van der Waals surface area contributed by atoms with Crippen LogP contribution in [0.25, 0.3) is 0 Å². The third kappa shape index (κ3) is 4.71. The predicted molar refractivity (Wildman–Crippen MR) is 104 cm³/mol. The Hall–Kier alpha value is -1.65. The Balaban J connectivity index is 1.80. The normalized spacial score (nSPS) is 15.8. The third-order valence-corrected chi connectivity index (χ3v) is 5.96. The fourth-order valence-electron chi connectivity index (χ4n) is 3.12. The number of carbonyl (C=O) groups excluding carboxylic acids is 1. The maximum Gasteiger partial charge on any atom is 0.232 e. The molecule has 2 aromatic carbocycles. The van der Waals surface area contributed by atoms with Crippen LogP contribution in [0.4, 0.5) is 0 Å². The fraction of sp³-hybridized carbons (Fsp3) is 0.350. The minimum atomic E-state index is -0.131. The summed E-state index contributed by atoms with van der Waals surface area (Å²) in [6, 6.07) is 15.0. The molecule has 0 radical (unpaired) electrons. The summed E-state index contributed by atoms with van der Waals surface area (Å²) < 4.78 is 0. The molecule has 0 spiro atoms. The molecule has 3 rings (SSSR count). The number of rotatable bonds is 5. The van der Waals surface area contributed by atoms with Gasteiger partial charge in [0, 0.05) is 23.7 Å². The molecular formula is C20H22ClNO2S. The summed E-state index contributed by atoms with van der Waals surface area (Å²) in [6.07, 6.45) is 3.39. The molecule has 3 nitrogen and oxygen atoms in total. The summed E-state index contributed by atoms with van der Waals surface area (Å²) in [4.78, 5) is 14.5. The molecule has 1 atom stereocenters. The Kier molecular flexibility index (Phi) is 6.27. The molecule has 1 N–H and O–H groups in total. The van der Waals surface area contributed by atoms with Gasteiger partial charge in [-0.05, 0) is 43.0 Å². The van der Waals surface area contributed by atoms with Crippen molar-refractivity contribution in [2.45, 2.75) is 24.5 Å². The molecule has 5 heteroatoms. The van der Waals surface area contributed by atoms with Gasteiger partial charge in [-0.1, -0.05) is 41.9 Å². The molecule has 0 bridgehead atoms. The van der Waals surface area contributed by atoms with Crippen molar-refractivity contribution in [3.63, 3.8) is 0 Å². The van der Waals surface area contributed by atoms with E-state index in [1.807, 2.05) is 35.2 Å². The number of amides is 1. The number of halogens is 1. The first-order chi connectivity index (χ1) is 12.1. The van der Waals surface area contributed by atoms with E-state index in [2.05, 4.69) is 0 Å². The monoisotopic (exact) mass is 375 g/mol. The Morgan fingerprint density at radius 2 is 1.84 bits per heavy atom. The molecule has 25 heavy (non-hydrogen) atoms. The van der Waals surface area contributed by atoms with E-state index in [0.717, 1.165) is 37.1 Å². The van der Waals surface area contributed by atoms with Gasteiger partial charge in [-0.25, -0.2) is 0 Å². The van der Waals surface area contributed by atoms with Crippen molar-refractivity contribution in [2.24, 2.45) is 0 Å². The summed E-state index contributed by atoms with van der Waals surface area (Å²) in [7, 11) is 0. The molecule has 0 aliphatic carbocycles. The average Bonchev–Trinajstić information content (AvgIpc) is 2.66. The number of phenols is 1. The van der Waals surface area contributed by atoms with Crippen LogP contribution in [0.1, 0.15) is 35.6 Å². The van der Waals surface area contributed by atoms with Crippen LogP contribution in [-0.4, -0.2) is 34.8 Å². The molecule has 132 valence electrons. The predicted octanol–water partition coefficient (Wildman–Crippen LogP) is 4.88. The lowest BCUT2D eigenvalue weighted by atomic mass is 10.0. The first-order valence-electron chi connectivity index (χ1n) is 8.58. The van der Waals surface area contributed by atoms with Crippen LogP contribution >= 0.6 is 23.4 Å². The summed E-state index contributed by atoms with van der Waals surface area (Å²) in [5.74, 6) is 0.772. The van der Waals surface area contributed by atoms with Crippen molar-refractivity contribution in [2.75, 3.05) is 18.8 Å². The van der Waals surface area contributed by atoms with Gasteiger partial charge in [0.2, 0.25) is 5.91 Å². The fourth-order valence-corrected chi connectivity index (χ4v) is 4.51. The number of aromatic hydroxyl groups is 1. The van der Waals surface area contributed by atoms with Gasteiger partial charge in [-0.2, -0.15) is 0 Å². The second-order valence-corrected chi connectivity index (χ2v) is 7.78. The largest absolute Gasteiger partial charge is 0.508 e. The number of likely N-dealkylation sites (tertiary alicyclic amines) is 1. The van der Waals surface area contributed by atoms with Crippen molar-refractivity contribution in [1.82, 2.24) is 4.90 Å². The highest BCUT2D eigenvalue weighted by molar-refractivity contribution is 8.00. The Labute approximate surface area is 158 Å². The van der Waals surface area contributed by atoms with E-state index in [4.69, 9.17) is 11.6 Å². The van der Waals surface area contributed by atoms with Crippen LogP contribution in [0, 0.1) is 0 Å². The van der Waals surface area contributed by atoms with Crippen LogP contribution in [-0.2, 0) is 4.79 Å². The number of nitrogens with zero attached hydrogens (tertiary/aromatic N) is 1. The van der Waals surface area contributed by atoms with Gasteiger partial charge in [0.15, 0.2) is 0 Å². The van der Waals surface area contributed by atoms with Crippen LogP contribution in [0.5, 0.6) is 5.75 Å². The van der Waals surface area contributed by atoms with Crippen LogP contribution in [0.3, 0.4) is 0 Å². The van der Waals surface area contributed by atoms with Crippen molar-refractivity contribution >= 4 is 29.3 Å². The Bertz CT molecular complexity index is 717. The average molecular weight is 376 g/mol. The Morgan fingerprint density at radius 1 is 1.12 bits per heavy atom. The molecule has 1 aliphatic heterocycles. The molecule has 1 saturated heterocycles. The SMILES string of the molecule is O=C(CSC(c1ccccc1)c1cc(Cl)ccc1O)N1CCCCC1. The van der Waals surface area contributed by atoms with E-state index < -0.39 is 0 Å². The molecule has 1 amide bonds. The van der Waals surface area contributed by atoms with Gasteiger partial charge < -0.3 is 10.0 Å². The molecule has 1 fully saturated rings. The number of benzene rings is 2. The molecule has 1 aliphatic rings. The summed E-state index contributed by atoms with van der Waals surface area (Å²) in [6.45, 7) is 1.72. The van der Waals surface area contributed by atoms with Crippen LogP contribution in [0.2, 0.25) is 5.02 Å². The maximum atomic E-state index is 12.5. The van der Waals surface area contributed by atoms with Crippen LogP contribution < -0.4 is 0 Å². The highest BCUT2D eigenvalue weighted by Gasteiger charge is 2.22. The maximum absolute atomic E-state index is 12.5. The lowest BCUT2D eigenvalue weighted by Gasteiger charge is -2.27. The lowest BCUT2D eigenvalue weighted by Crippen LogP contribution is -2.36. The zero-order chi connectivity index (χ0) is 17.6. The van der Waals surface area contributed by atoms with Crippen LogP contribution in [0.15, 0.2) is 48.5 Å². The Morgan fingerprint density at radius 3 is 2.56 bits per heavy atom. The van der Waals surface area contributed by atoms with Gasteiger partial charge in [-0.3, -0.25) is 4.79 Å². The number of phenolic OH excluding ortho intramolecular Hbond substituents is 1. The van der Waals surface area contributed by atoms with E-state index >= 15 is 0 Å². The van der Waals surface area contributed by atoms with Crippen molar-refractivity contribution in [1.29, 1.82) is 0 Å². The van der Waals surface area contributed by atoms with Gasteiger partial charge in [0.1, 0.15) is 5.75 Å². The molecule has 1 heterocycles. The first-order valence-corrected chi connectivity index (χ1v) is 10.0. The quantitative estimate of drug-likeness (QED) is 0.809. The van der Waals surface area contributed by atoms with Crippen molar-refractivity contribution in [3.8, 4) is 5.75 Å². The van der Waals surface area contributed by atoms with Crippen molar-refractivity contribution < 1.29 is 9.90 Å². The van der Waals surface area contributed by atoms with E-state index in [-0.39, 0.29) is 16.9 Å². The third-order valence-electron chi connectivity index (χ3n) is 4.46. The summed E-state index contributed by atoms with van der Waals surface area (Å²) in [5.41, 5.74) is 1.80. The molecule has 0 saturated carbocycles. The number of hydrogen-bond acceptors (Lipinski definition) is 3. The van der Waals surface area contributed by atoms with Crippen molar-refractivity contribution in [3.05, 3.63) is 64.7 Å². The second kappa shape index (κ2) is 8.63. The first kappa shape index (κ1) is 18.2. The molecule has 1 unspecified atom stereocenters.